The quantitative estimate of drug-likeness (QED) is 0.717. The van der Waals surface area contributed by atoms with Gasteiger partial charge in [-0.15, -0.1) is 0 Å². The van der Waals surface area contributed by atoms with E-state index in [0.29, 0.717) is 23.2 Å². The van der Waals surface area contributed by atoms with Gasteiger partial charge in [0.1, 0.15) is 11.5 Å². The van der Waals surface area contributed by atoms with Crippen molar-refractivity contribution in [3.63, 3.8) is 0 Å². The first-order chi connectivity index (χ1) is 12.0. The molecule has 0 unspecified atom stereocenters. The molecule has 0 spiro atoms. The highest BCUT2D eigenvalue weighted by atomic mass is 16.5. The third-order valence-electron chi connectivity index (χ3n) is 3.73. The Bertz CT molecular complexity index is 869. The summed E-state index contributed by atoms with van der Waals surface area (Å²) in [6, 6.07) is 13.3. The molecular formula is C19H20N4O2. The summed E-state index contributed by atoms with van der Waals surface area (Å²) in [6.45, 7) is 6.06. The third kappa shape index (κ3) is 4.03. The average molecular weight is 336 g/mol. The number of nitrogens with one attached hydrogen (secondary N) is 2. The molecule has 3 aromatic rings. The first kappa shape index (κ1) is 16.7. The highest BCUT2D eigenvalue weighted by Gasteiger charge is 2.11. The van der Waals surface area contributed by atoms with Crippen molar-refractivity contribution >= 4 is 23.1 Å². The number of carbonyl (C=O) groups is 1. The van der Waals surface area contributed by atoms with Crippen molar-refractivity contribution in [3.8, 4) is 0 Å². The SMILES string of the molecule is Cc1cc(NC(=O)c2ccc(Nc3ccccc3C(C)C)cn2)no1. The number of anilines is 3. The predicted molar refractivity (Wildman–Crippen MR) is 97.2 cm³/mol. The molecule has 0 saturated carbocycles. The van der Waals surface area contributed by atoms with Gasteiger partial charge < -0.3 is 15.2 Å². The Morgan fingerprint density at radius 3 is 2.60 bits per heavy atom. The molecule has 0 aliphatic heterocycles. The molecule has 0 atom stereocenters. The number of amides is 1. The Balaban J connectivity index is 1.71. The van der Waals surface area contributed by atoms with Gasteiger partial charge >= 0.3 is 0 Å². The van der Waals surface area contributed by atoms with Crippen molar-refractivity contribution in [2.24, 2.45) is 0 Å². The number of nitrogens with zero attached hydrogens (tertiary/aromatic N) is 2. The number of carbonyl (C=O) groups excluding carboxylic acids is 1. The standard InChI is InChI=1S/C19H20N4O2/c1-12(2)15-6-4-5-7-16(15)21-14-8-9-17(20-11-14)19(24)22-18-10-13(3)25-23-18/h4-12,21H,1-3H3,(H,22,23,24). The fourth-order valence-electron chi connectivity index (χ4n) is 2.48. The van der Waals surface area contributed by atoms with Crippen LogP contribution in [0.4, 0.5) is 17.2 Å². The second-order valence-corrected chi connectivity index (χ2v) is 6.08. The fraction of sp³-hybridized carbons (Fsp3) is 0.211. The van der Waals surface area contributed by atoms with Gasteiger partial charge in [0, 0.05) is 11.8 Å². The van der Waals surface area contributed by atoms with Gasteiger partial charge in [0.05, 0.1) is 11.9 Å². The van der Waals surface area contributed by atoms with Gasteiger partial charge in [0.15, 0.2) is 5.82 Å². The van der Waals surface area contributed by atoms with E-state index in [9.17, 15) is 4.79 Å². The number of rotatable bonds is 5. The van der Waals surface area contributed by atoms with E-state index < -0.39 is 0 Å². The summed E-state index contributed by atoms with van der Waals surface area (Å²) in [6.07, 6.45) is 1.64. The van der Waals surface area contributed by atoms with Crippen LogP contribution in [0.5, 0.6) is 0 Å². The van der Waals surface area contributed by atoms with E-state index in [1.807, 2.05) is 24.3 Å². The van der Waals surface area contributed by atoms with Crippen molar-refractivity contribution in [2.45, 2.75) is 26.7 Å². The second-order valence-electron chi connectivity index (χ2n) is 6.08. The summed E-state index contributed by atoms with van der Waals surface area (Å²) in [5.41, 5.74) is 3.39. The minimum absolute atomic E-state index is 0.309. The van der Waals surface area contributed by atoms with Crippen LogP contribution < -0.4 is 10.6 Å². The van der Waals surface area contributed by atoms with Crippen LogP contribution in [0.2, 0.25) is 0 Å². The van der Waals surface area contributed by atoms with Gasteiger partial charge in [-0.25, -0.2) is 4.98 Å². The highest BCUT2D eigenvalue weighted by Crippen LogP contribution is 2.26. The summed E-state index contributed by atoms with van der Waals surface area (Å²) in [4.78, 5) is 16.4. The van der Waals surface area contributed by atoms with Crippen molar-refractivity contribution in [2.75, 3.05) is 10.6 Å². The number of benzene rings is 1. The predicted octanol–water partition coefficient (Wildman–Crippen LogP) is 4.50. The molecule has 1 amide bonds. The zero-order valence-electron chi connectivity index (χ0n) is 14.4. The van der Waals surface area contributed by atoms with E-state index >= 15 is 0 Å². The lowest BCUT2D eigenvalue weighted by Gasteiger charge is -2.14. The van der Waals surface area contributed by atoms with Crippen LogP contribution in [-0.2, 0) is 0 Å². The van der Waals surface area contributed by atoms with E-state index in [1.165, 1.54) is 5.56 Å². The molecule has 2 heterocycles. The van der Waals surface area contributed by atoms with Crippen LogP contribution in [0, 0.1) is 6.92 Å². The lowest BCUT2D eigenvalue weighted by atomic mass is 10.0. The summed E-state index contributed by atoms with van der Waals surface area (Å²) in [7, 11) is 0. The molecule has 25 heavy (non-hydrogen) atoms. The first-order valence-electron chi connectivity index (χ1n) is 8.09. The molecule has 0 bridgehead atoms. The lowest BCUT2D eigenvalue weighted by molar-refractivity contribution is 0.102. The molecule has 3 rings (SSSR count). The molecule has 0 saturated heterocycles. The Morgan fingerprint density at radius 2 is 1.96 bits per heavy atom. The Kier molecular flexibility index (Phi) is 4.79. The van der Waals surface area contributed by atoms with Crippen LogP contribution in [0.3, 0.4) is 0 Å². The molecule has 0 aliphatic carbocycles. The number of aryl methyl sites for hydroxylation is 1. The van der Waals surface area contributed by atoms with Gasteiger partial charge in [-0.3, -0.25) is 4.79 Å². The van der Waals surface area contributed by atoms with E-state index in [0.717, 1.165) is 11.4 Å². The normalized spacial score (nSPS) is 10.7. The number of aromatic nitrogens is 2. The molecular weight excluding hydrogens is 316 g/mol. The van der Waals surface area contributed by atoms with Crippen molar-refractivity contribution < 1.29 is 9.32 Å². The Labute approximate surface area is 146 Å². The summed E-state index contributed by atoms with van der Waals surface area (Å²) in [5.74, 6) is 1.08. The molecule has 0 radical (unpaired) electrons. The Morgan fingerprint density at radius 1 is 1.16 bits per heavy atom. The topological polar surface area (TPSA) is 80.0 Å². The lowest BCUT2D eigenvalue weighted by Crippen LogP contribution is -2.13. The van der Waals surface area contributed by atoms with Gasteiger partial charge in [0.25, 0.3) is 5.91 Å². The Hall–Kier alpha value is -3.15. The number of hydrogen-bond acceptors (Lipinski definition) is 5. The largest absolute Gasteiger partial charge is 0.360 e. The fourth-order valence-corrected chi connectivity index (χ4v) is 2.48. The molecule has 128 valence electrons. The smallest absolute Gasteiger partial charge is 0.275 e. The van der Waals surface area contributed by atoms with Gasteiger partial charge in [-0.2, -0.15) is 0 Å². The van der Waals surface area contributed by atoms with Crippen LogP contribution in [-0.4, -0.2) is 16.0 Å². The van der Waals surface area contributed by atoms with E-state index in [-0.39, 0.29) is 5.91 Å². The molecule has 2 aromatic heterocycles. The summed E-state index contributed by atoms with van der Waals surface area (Å²) < 4.78 is 4.92. The minimum atomic E-state index is -0.331. The van der Waals surface area contributed by atoms with Crippen molar-refractivity contribution in [1.29, 1.82) is 0 Å². The molecule has 0 aliphatic rings. The maximum atomic E-state index is 12.2. The zero-order valence-corrected chi connectivity index (χ0v) is 14.4. The summed E-state index contributed by atoms with van der Waals surface area (Å²) >= 11 is 0. The maximum Gasteiger partial charge on any atom is 0.275 e. The van der Waals surface area contributed by atoms with Crippen molar-refractivity contribution in [1.82, 2.24) is 10.1 Å². The molecule has 1 aromatic carbocycles. The van der Waals surface area contributed by atoms with Crippen molar-refractivity contribution in [3.05, 3.63) is 65.7 Å². The number of pyridine rings is 1. The first-order valence-corrected chi connectivity index (χ1v) is 8.09. The molecule has 2 N–H and O–H groups in total. The summed E-state index contributed by atoms with van der Waals surface area (Å²) in [5, 5.41) is 9.73. The minimum Gasteiger partial charge on any atom is -0.360 e. The van der Waals surface area contributed by atoms with Gasteiger partial charge in [-0.05, 0) is 36.6 Å². The van der Waals surface area contributed by atoms with E-state index in [1.54, 1.807) is 25.3 Å². The third-order valence-corrected chi connectivity index (χ3v) is 3.73. The van der Waals surface area contributed by atoms with E-state index in [4.69, 9.17) is 4.52 Å². The van der Waals surface area contributed by atoms with Crippen LogP contribution >= 0.6 is 0 Å². The van der Waals surface area contributed by atoms with Gasteiger partial charge in [0.2, 0.25) is 0 Å². The molecule has 6 heteroatoms. The maximum absolute atomic E-state index is 12.2. The van der Waals surface area contributed by atoms with Crippen LogP contribution in [0.25, 0.3) is 0 Å². The molecule has 0 fully saturated rings. The molecule has 6 nitrogen and oxygen atoms in total. The van der Waals surface area contributed by atoms with Gasteiger partial charge in [-0.1, -0.05) is 37.2 Å². The van der Waals surface area contributed by atoms with E-state index in [2.05, 4.69) is 40.7 Å². The van der Waals surface area contributed by atoms with Crippen LogP contribution in [0.15, 0.2) is 53.2 Å². The highest BCUT2D eigenvalue weighted by molar-refractivity contribution is 6.02. The monoisotopic (exact) mass is 336 g/mol. The number of para-hydroxylation sites is 1. The number of hydrogen-bond donors (Lipinski definition) is 2. The van der Waals surface area contributed by atoms with Crippen LogP contribution in [0.1, 0.15) is 41.6 Å². The average Bonchev–Trinajstić information content (AvgIpc) is 3.00. The zero-order chi connectivity index (χ0) is 17.8. The second kappa shape index (κ2) is 7.17.